The molecule has 7 heteroatoms. The number of hydrogen-bond donors (Lipinski definition) is 1. The highest BCUT2D eigenvalue weighted by atomic mass is 16.5. The maximum Gasteiger partial charge on any atom is 0.341 e. The van der Waals surface area contributed by atoms with Crippen LogP contribution in [0, 0.1) is 0 Å². The van der Waals surface area contributed by atoms with Gasteiger partial charge in [0.05, 0.1) is 5.69 Å². The molecule has 0 aliphatic carbocycles. The Morgan fingerprint density at radius 3 is 2.44 bits per heavy atom. The normalized spacial score (nSPS) is 10.7. The van der Waals surface area contributed by atoms with E-state index in [1.807, 2.05) is 0 Å². The monoisotopic (exact) mass is 346 g/mol. The van der Waals surface area contributed by atoms with E-state index in [4.69, 9.17) is 14.4 Å². The van der Waals surface area contributed by atoms with Crippen LogP contribution in [-0.2, 0) is 4.79 Å². The van der Waals surface area contributed by atoms with Crippen LogP contribution in [0.25, 0.3) is 0 Å². The van der Waals surface area contributed by atoms with Crippen molar-refractivity contribution < 1.29 is 24.0 Å². The second-order valence-electron chi connectivity index (χ2n) is 5.67. The molecule has 1 N–H and O–H groups in total. The van der Waals surface area contributed by atoms with Crippen molar-refractivity contribution in [3.8, 4) is 5.75 Å². The lowest BCUT2D eigenvalue weighted by atomic mass is 9.99. The minimum Gasteiger partial charge on any atom is -0.482 e. The summed E-state index contributed by atoms with van der Waals surface area (Å²) in [5, 5.41) is 12.6. The fourth-order valence-corrected chi connectivity index (χ4v) is 2.48. The third-order valence-electron chi connectivity index (χ3n) is 4.03. The molecular formula is C18H22N2O5. The minimum atomic E-state index is -1.05. The molecule has 0 radical (unpaired) electrons. The number of carbonyl (C=O) groups excluding carboxylic acids is 1. The molecule has 1 aromatic carbocycles. The van der Waals surface area contributed by atoms with E-state index >= 15 is 0 Å². The topological polar surface area (TPSA) is 92.9 Å². The van der Waals surface area contributed by atoms with E-state index < -0.39 is 12.6 Å². The highest BCUT2D eigenvalue weighted by molar-refractivity contribution is 6.03. The first-order valence-electron chi connectivity index (χ1n) is 8.15. The molecule has 0 fully saturated rings. The Morgan fingerprint density at radius 1 is 1.24 bits per heavy atom. The van der Waals surface area contributed by atoms with Crippen LogP contribution in [-0.4, -0.2) is 35.8 Å². The van der Waals surface area contributed by atoms with Gasteiger partial charge < -0.3 is 19.3 Å². The Bertz CT molecular complexity index is 719. The van der Waals surface area contributed by atoms with Crippen LogP contribution < -0.4 is 9.64 Å². The van der Waals surface area contributed by atoms with Gasteiger partial charge in [0.25, 0.3) is 5.91 Å². The molecule has 0 bridgehead atoms. The van der Waals surface area contributed by atoms with Crippen molar-refractivity contribution in [2.45, 2.75) is 32.6 Å². The number of aliphatic carboxylic acids is 1. The smallest absolute Gasteiger partial charge is 0.341 e. The molecule has 2 rings (SSSR count). The molecule has 0 aliphatic rings. The van der Waals surface area contributed by atoms with Crippen molar-refractivity contribution in [2.24, 2.45) is 0 Å². The van der Waals surface area contributed by atoms with Crippen molar-refractivity contribution in [2.75, 3.05) is 18.6 Å². The molecule has 1 heterocycles. The molecule has 1 amide bonds. The van der Waals surface area contributed by atoms with Crippen LogP contribution in [0.4, 0.5) is 5.69 Å². The van der Waals surface area contributed by atoms with Gasteiger partial charge in [0.1, 0.15) is 5.75 Å². The molecule has 0 spiro atoms. The number of ether oxygens (including phenoxy) is 1. The average molecular weight is 346 g/mol. The van der Waals surface area contributed by atoms with Crippen LogP contribution in [0.1, 0.15) is 48.9 Å². The number of benzene rings is 1. The molecule has 0 saturated carbocycles. The number of amides is 1. The summed E-state index contributed by atoms with van der Waals surface area (Å²) < 4.78 is 10.3. The second kappa shape index (κ2) is 8.32. The second-order valence-corrected chi connectivity index (χ2v) is 5.67. The summed E-state index contributed by atoms with van der Waals surface area (Å²) in [4.78, 5) is 24.5. The predicted octanol–water partition coefficient (Wildman–Crippen LogP) is 3.32. The largest absolute Gasteiger partial charge is 0.482 e. The molecule has 0 aliphatic heterocycles. The lowest BCUT2D eigenvalue weighted by Crippen LogP contribution is -2.25. The SMILES string of the molecule is CCC(CC)c1cc(C(=O)N(C)c2ccc(OCC(=O)O)cc2)on1. The van der Waals surface area contributed by atoms with Gasteiger partial charge in [-0.3, -0.25) is 4.79 Å². The number of carboxylic acid groups (broad SMARTS) is 1. The molecule has 2 aromatic rings. The number of anilines is 1. The Labute approximate surface area is 146 Å². The van der Waals surface area contributed by atoms with E-state index in [0.29, 0.717) is 11.4 Å². The van der Waals surface area contributed by atoms with Gasteiger partial charge in [-0.05, 0) is 37.1 Å². The third-order valence-corrected chi connectivity index (χ3v) is 4.03. The summed E-state index contributed by atoms with van der Waals surface area (Å²) in [6.07, 6.45) is 1.87. The maximum atomic E-state index is 12.5. The summed E-state index contributed by atoms with van der Waals surface area (Å²) in [7, 11) is 1.63. The molecule has 0 saturated heterocycles. The fourth-order valence-electron chi connectivity index (χ4n) is 2.48. The van der Waals surface area contributed by atoms with Gasteiger partial charge in [0.2, 0.25) is 5.76 Å². The van der Waals surface area contributed by atoms with Gasteiger partial charge >= 0.3 is 5.97 Å². The van der Waals surface area contributed by atoms with E-state index in [0.717, 1.165) is 18.5 Å². The lowest BCUT2D eigenvalue weighted by molar-refractivity contribution is -0.139. The van der Waals surface area contributed by atoms with Gasteiger partial charge in [0, 0.05) is 24.7 Å². The summed E-state index contributed by atoms with van der Waals surface area (Å²) in [6.45, 7) is 3.74. The highest BCUT2D eigenvalue weighted by Gasteiger charge is 2.21. The third kappa shape index (κ3) is 4.59. The van der Waals surface area contributed by atoms with Crippen LogP contribution >= 0.6 is 0 Å². The van der Waals surface area contributed by atoms with E-state index in [1.54, 1.807) is 37.4 Å². The van der Waals surface area contributed by atoms with Gasteiger partial charge in [-0.1, -0.05) is 19.0 Å². The Balaban J connectivity index is 2.08. The zero-order chi connectivity index (χ0) is 18.4. The molecule has 0 unspecified atom stereocenters. The number of carbonyl (C=O) groups is 2. The highest BCUT2D eigenvalue weighted by Crippen LogP contribution is 2.24. The van der Waals surface area contributed by atoms with Crippen LogP contribution in [0.2, 0.25) is 0 Å². The maximum absolute atomic E-state index is 12.5. The zero-order valence-electron chi connectivity index (χ0n) is 14.6. The average Bonchev–Trinajstić information content (AvgIpc) is 3.10. The number of carboxylic acids is 1. The number of hydrogen-bond acceptors (Lipinski definition) is 5. The Kier molecular flexibility index (Phi) is 6.16. The fraction of sp³-hybridized carbons (Fsp3) is 0.389. The predicted molar refractivity (Wildman–Crippen MR) is 92.1 cm³/mol. The Hall–Kier alpha value is -2.83. The van der Waals surface area contributed by atoms with E-state index in [9.17, 15) is 9.59 Å². The molecule has 134 valence electrons. The molecule has 25 heavy (non-hydrogen) atoms. The standard InChI is InChI=1S/C18H22N2O5/c1-4-12(5-2)15-10-16(25-19-15)18(23)20(3)13-6-8-14(9-7-13)24-11-17(21)22/h6-10,12H,4-5,11H2,1-3H3,(H,21,22). The first kappa shape index (κ1) is 18.5. The number of nitrogens with zero attached hydrogens (tertiary/aromatic N) is 2. The van der Waals surface area contributed by atoms with Gasteiger partial charge in [-0.2, -0.15) is 0 Å². The summed E-state index contributed by atoms with van der Waals surface area (Å²) in [6, 6.07) is 8.26. The first-order chi connectivity index (χ1) is 12.0. The van der Waals surface area contributed by atoms with Crippen molar-refractivity contribution in [3.05, 3.63) is 41.8 Å². The molecule has 0 atom stereocenters. The van der Waals surface area contributed by atoms with Crippen LogP contribution in [0.15, 0.2) is 34.9 Å². The molecular weight excluding hydrogens is 324 g/mol. The van der Waals surface area contributed by atoms with E-state index in [2.05, 4.69) is 19.0 Å². The van der Waals surface area contributed by atoms with Crippen LogP contribution in [0.5, 0.6) is 5.75 Å². The van der Waals surface area contributed by atoms with Crippen molar-refractivity contribution in [3.63, 3.8) is 0 Å². The summed E-state index contributed by atoms with van der Waals surface area (Å²) >= 11 is 0. The van der Waals surface area contributed by atoms with E-state index in [-0.39, 0.29) is 17.6 Å². The van der Waals surface area contributed by atoms with Crippen molar-refractivity contribution in [1.82, 2.24) is 5.16 Å². The first-order valence-corrected chi connectivity index (χ1v) is 8.15. The minimum absolute atomic E-state index is 0.190. The molecule has 7 nitrogen and oxygen atoms in total. The van der Waals surface area contributed by atoms with Crippen molar-refractivity contribution >= 4 is 17.6 Å². The van der Waals surface area contributed by atoms with Gasteiger partial charge in [-0.15, -0.1) is 0 Å². The molecule has 1 aromatic heterocycles. The van der Waals surface area contributed by atoms with Gasteiger partial charge in [0.15, 0.2) is 6.61 Å². The number of aromatic nitrogens is 1. The zero-order valence-corrected chi connectivity index (χ0v) is 14.6. The van der Waals surface area contributed by atoms with Crippen LogP contribution in [0.3, 0.4) is 0 Å². The Morgan fingerprint density at radius 2 is 1.88 bits per heavy atom. The number of rotatable bonds is 8. The summed E-state index contributed by atoms with van der Waals surface area (Å²) in [5.74, 6) is -0.460. The lowest BCUT2D eigenvalue weighted by Gasteiger charge is -2.16. The quantitative estimate of drug-likeness (QED) is 0.788. The van der Waals surface area contributed by atoms with Gasteiger partial charge in [-0.25, -0.2) is 4.79 Å². The van der Waals surface area contributed by atoms with Crippen molar-refractivity contribution in [1.29, 1.82) is 0 Å². The summed E-state index contributed by atoms with van der Waals surface area (Å²) in [5.41, 5.74) is 1.42. The van der Waals surface area contributed by atoms with E-state index in [1.165, 1.54) is 4.90 Å².